The lowest BCUT2D eigenvalue weighted by molar-refractivity contribution is 0.171. The van der Waals surface area contributed by atoms with Gasteiger partial charge in [0.2, 0.25) is 0 Å². The third-order valence-electron chi connectivity index (χ3n) is 3.08. The van der Waals surface area contributed by atoms with Gasteiger partial charge >= 0.3 is 0 Å². The molecule has 0 aliphatic carbocycles. The first-order chi connectivity index (χ1) is 9.56. The highest BCUT2D eigenvalue weighted by Crippen LogP contribution is 2.38. The van der Waals surface area contributed by atoms with E-state index < -0.39 is 0 Å². The smallest absolute Gasteiger partial charge is 0.179 e. The number of benzene rings is 1. The number of hydrogen-bond acceptors (Lipinski definition) is 4. The van der Waals surface area contributed by atoms with Crippen LogP contribution in [0.15, 0.2) is 16.6 Å². The van der Waals surface area contributed by atoms with Crippen LogP contribution in [0.2, 0.25) is 5.02 Å². The molecule has 0 radical (unpaired) electrons. The molecule has 1 aliphatic heterocycles. The zero-order chi connectivity index (χ0) is 14.3. The summed E-state index contributed by atoms with van der Waals surface area (Å²) in [5.74, 6) is 1.86. The molecule has 2 aromatic rings. The number of hydrogen-bond donors (Lipinski definition) is 1. The molecule has 0 saturated carbocycles. The van der Waals surface area contributed by atoms with Crippen LogP contribution < -0.4 is 15.2 Å². The lowest BCUT2D eigenvalue weighted by Gasteiger charge is -2.20. The Labute approximate surface area is 129 Å². The first-order valence-corrected chi connectivity index (χ1v) is 7.29. The summed E-state index contributed by atoms with van der Waals surface area (Å²) in [6.45, 7) is 3.47. The number of halogens is 2. The summed E-state index contributed by atoms with van der Waals surface area (Å²) in [4.78, 5) is 0. The van der Waals surface area contributed by atoms with Crippen LogP contribution >= 0.6 is 27.5 Å². The molecule has 5 nitrogen and oxygen atoms in total. The molecule has 106 valence electrons. The van der Waals surface area contributed by atoms with Crippen LogP contribution in [-0.4, -0.2) is 23.0 Å². The van der Waals surface area contributed by atoms with Crippen molar-refractivity contribution in [3.63, 3.8) is 0 Å². The third-order valence-corrected chi connectivity index (χ3v) is 4.34. The van der Waals surface area contributed by atoms with Gasteiger partial charge in [-0.3, -0.25) is 0 Å². The maximum Gasteiger partial charge on any atom is 0.179 e. The van der Waals surface area contributed by atoms with Gasteiger partial charge in [-0.2, -0.15) is 5.10 Å². The second-order valence-corrected chi connectivity index (χ2v) is 5.74. The Hall–Kier alpha value is -1.40. The summed E-state index contributed by atoms with van der Waals surface area (Å²) < 4.78 is 13.6. The number of anilines is 1. The van der Waals surface area contributed by atoms with Crippen molar-refractivity contribution in [2.24, 2.45) is 0 Å². The molecule has 0 bridgehead atoms. The second-order valence-electron chi connectivity index (χ2n) is 4.54. The van der Waals surface area contributed by atoms with E-state index in [0.29, 0.717) is 42.1 Å². The van der Waals surface area contributed by atoms with Gasteiger partial charge in [-0.15, -0.1) is 0 Å². The average molecular weight is 359 g/mol. The molecule has 2 heterocycles. The van der Waals surface area contributed by atoms with Crippen molar-refractivity contribution in [1.82, 2.24) is 9.78 Å². The predicted octanol–water partition coefficient (Wildman–Crippen LogP) is 3.01. The largest absolute Gasteiger partial charge is 0.486 e. The van der Waals surface area contributed by atoms with Crippen LogP contribution in [0.5, 0.6) is 11.5 Å². The SMILES string of the molecule is Cc1nn(Cc2cc(Cl)c3c(c2)OCCO3)c(N)c1Br. The minimum atomic E-state index is 0.518. The van der Waals surface area contributed by atoms with E-state index in [1.54, 1.807) is 4.68 Å². The summed E-state index contributed by atoms with van der Waals surface area (Å²) in [5, 5.41) is 4.92. The lowest BCUT2D eigenvalue weighted by Crippen LogP contribution is -2.16. The molecule has 1 aromatic heterocycles. The average Bonchev–Trinajstić information content (AvgIpc) is 2.66. The van der Waals surface area contributed by atoms with Crippen LogP contribution in [0.25, 0.3) is 0 Å². The maximum absolute atomic E-state index is 6.21. The normalized spacial score (nSPS) is 13.6. The van der Waals surface area contributed by atoms with Gasteiger partial charge in [0.15, 0.2) is 11.5 Å². The van der Waals surface area contributed by atoms with Crippen molar-refractivity contribution in [3.8, 4) is 11.5 Å². The molecule has 0 unspecified atom stereocenters. The number of rotatable bonds is 2. The zero-order valence-electron chi connectivity index (χ0n) is 10.8. The number of ether oxygens (including phenoxy) is 2. The van der Waals surface area contributed by atoms with E-state index >= 15 is 0 Å². The van der Waals surface area contributed by atoms with Crippen LogP contribution in [0.1, 0.15) is 11.3 Å². The molecule has 2 N–H and O–H groups in total. The standard InChI is InChI=1S/C13H13BrClN3O2/c1-7-11(14)13(16)18(17-7)6-8-4-9(15)12-10(5-8)19-2-3-20-12/h4-5H,2-3,6,16H2,1H3. The van der Waals surface area contributed by atoms with Crippen molar-refractivity contribution in [2.45, 2.75) is 13.5 Å². The van der Waals surface area contributed by atoms with E-state index in [2.05, 4.69) is 21.0 Å². The minimum absolute atomic E-state index is 0.518. The molecule has 1 aliphatic rings. The first kappa shape index (κ1) is 13.6. The number of nitrogens with zero attached hydrogens (tertiary/aromatic N) is 2. The molecule has 0 atom stereocenters. The Kier molecular flexibility index (Phi) is 3.52. The zero-order valence-corrected chi connectivity index (χ0v) is 13.2. The monoisotopic (exact) mass is 357 g/mol. The summed E-state index contributed by atoms with van der Waals surface area (Å²) in [7, 11) is 0. The van der Waals surface area contributed by atoms with Crippen LogP contribution in [0.4, 0.5) is 5.82 Å². The van der Waals surface area contributed by atoms with Gasteiger partial charge in [0.05, 0.1) is 21.7 Å². The van der Waals surface area contributed by atoms with Crippen LogP contribution in [0.3, 0.4) is 0 Å². The molecule has 7 heteroatoms. The van der Waals surface area contributed by atoms with E-state index in [4.69, 9.17) is 26.8 Å². The van der Waals surface area contributed by atoms with Crippen molar-refractivity contribution in [1.29, 1.82) is 0 Å². The fraction of sp³-hybridized carbons (Fsp3) is 0.308. The molecular formula is C13H13BrClN3O2. The molecule has 0 spiro atoms. The van der Waals surface area contributed by atoms with Gasteiger partial charge < -0.3 is 15.2 Å². The van der Waals surface area contributed by atoms with Gasteiger partial charge in [0.1, 0.15) is 19.0 Å². The minimum Gasteiger partial charge on any atom is -0.486 e. The number of fused-ring (bicyclic) bond motifs is 1. The van der Waals surface area contributed by atoms with Gasteiger partial charge in [0.25, 0.3) is 0 Å². The topological polar surface area (TPSA) is 62.3 Å². The predicted molar refractivity (Wildman–Crippen MR) is 80.6 cm³/mol. The van der Waals surface area contributed by atoms with Crippen molar-refractivity contribution >= 4 is 33.3 Å². The Bertz CT molecular complexity index is 672. The van der Waals surface area contributed by atoms with Gasteiger partial charge in [0, 0.05) is 0 Å². The van der Waals surface area contributed by atoms with E-state index in [1.165, 1.54) is 0 Å². The quantitative estimate of drug-likeness (QED) is 0.896. The Morgan fingerprint density at radius 2 is 2.15 bits per heavy atom. The van der Waals surface area contributed by atoms with E-state index in [-0.39, 0.29) is 0 Å². The Morgan fingerprint density at radius 3 is 2.85 bits per heavy atom. The fourth-order valence-corrected chi connectivity index (χ4v) is 2.70. The summed E-state index contributed by atoms with van der Waals surface area (Å²) in [6.07, 6.45) is 0. The van der Waals surface area contributed by atoms with Crippen molar-refractivity contribution in [2.75, 3.05) is 18.9 Å². The van der Waals surface area contributed by atoms with Gasteiger partial charge in [-0.25, -0.2) is 4.68 Å². The van der Waals surface area contributed by atoms with Gasteiger partial charge in [-0.05, 0) is 40.5 Å². The first-order valence-electron chi connectivity index (χ1n) is 6.12. The Morgan fingerprint density at radius 1 is 1.40 bits per heavy atom. The molecule has 0 fully saturated rings. The summed E-state index contributed by atoms with van der Waals surface area (Å²) in [6, 6.07) is 3.75. The third kappa shape index (κ3) is 2.33. The van der Waals surface area contributed by atoms with E-state index in [9.17, 15) is 0 Å². The number of nitrogen functional groups attached to an aromatic ring is 1. The molecule has 0 saturated heterocycles. The van der Waals surface area contributed by atoms with Crippen molar-refractivity contribution < 1.29 is 9.47 Å². The molecule has 1 aromatic carbocycles. The Balaban J connectivity index is 1.95. The highest BCUT2D eigenvalue weighted by molar-refractivity contribution is 9.10. The molecule has 0 amide bonds. The number of aromatic nitrogens is 2. The number of aryl methyl sites for hydroxylation is 1. The van der Waals surface area contributed by atoms with E-state index in [0.717, 1.165) is 15.7 Å². The fourth-order valence-electron chi connectivity index (χ4n) is 2.13. The molecular weight excluding hydrogens is 346 g/mol. The molecule has 20 heavy (non-hydrogen) atoms. The second kappa shape index (κ2) is 5.18. The molecule has 3 rings (SSSR count). The lowest BCUT2D eigenvalue weighted by atomic mass is 10.2. The van der Waals surface area contributed by atoms with E-state index in [1.807, 2.05) is 19.1 Å². The summed E-state index contributed by atoms with van der Waals surface area (Å²) in [5.41, 5.74) is 7.80. The van der Waals surface area contributed by atoms with Crippen LogP contribution in [-0.2, 0) is 6.54 Å². The van der Waals surface area contributed by atoms with Crippen LogP contribution in [0, 0.1) is 6.92 Å². The van der Waals surface area contributed by atoms with Gasteiger partial charge in [-0.1, -0.05) is 11.6 Å². The maximum atomic E-state index is 6.21. The highest BCUT2D eigenvalue weighted by Gasteiger charge is 2.18. The highest BCUT2D eigenvalue weighted by atomic mass is 79.9. The van der Waals surface area contributed by atoms with Crippen molar-refractivity contribution in [3.05, 3.63) is 32.9 Å². The summed E-state index contributed by atoms with van der Waals surface area (Å²) >= 11 is 9.62. The number of nitrogens with two attached hydrogens (primary N) is 1.